The number of carbonyl (C=O) groups excluding carboxylic acids is 1. The van der Waals surface area contributed by atoms with Gasteiger partial charge in [-0.2, -0.15) is 5.26 Å². The summed E-state index contributed by atoms with van der Waals surface area (Å²) in [5.41, 5.74) is 1.87. The molecular weight excluding hydrogens is 307 g/mol. The second-order valence-electron chi connectivity index (χ2n) is 4.55. The van der Waals surface area contributed by atoms with Gasteiger partial charge in [-0.05, 0) is 42.8 Å². The summed E-state index contributed by atoms with van der Waals surface area (Å²) in [6.45, 7) is 1.86. The molecule has 0 saturated heterocycles. The summed E-state index contributed by atoms with van der Waals surface area (Å²) >= 11 is 11.8. The van der Waals surface area contributed by atoms with E-state index in [4.69, 9.17) is 28.5 Å². The molecule has 0 spiro atoms. The third-order valence-corrected chi connectivity index (χ3v) is 3.61. The highest BCUT2D eigenvalue weighted by atomic mass is 35.5. The monoisotopic (exact) mass is 318 g/mol. The molecule has 3 nitrogen and oxygen atoms in total. The highest BCUT2D eigenvalue weighted by molar-refractivity contribution is 6.36. The Morgan fingerprint density at radius 2 is 1.86 bits per heavy atom. The summed E-state index contributed by atoms with van der Waals surface area (Å²) in [4.78, 5) is 12.2. The van der Waals surface area contributed by atoms with Gasteiger partial charge in [-0.1, -0.05) is 35.3 Å². The predicted octanol–water partition coefficient (Wildman–Crippen LogP) is 4.36. The fourth-order valence-electron chi connectivity index (χ4n) is 1.88. The lowest BCUT2D eigenvalue weighted by Crippen LogP contribution is -2.26. The summed E-state index contributed by atoms with van der Waals surface area (Å²) in [5, 5.41) is 12.4. The van der Waals surface area contributed by atoms with Crippen LogP contribution < -0.4 is 5.32 Å². The van der Waals surface area contributed by atoms with E-state index in [9.17, 15) is 4.79 Å². The van der Waals surface area contributed by atoms with Crippen molar-refractivity contribution in [3.63, 3.8) is 0 Å². The molecular formula is C16H12Cl2N2O. The minimum absolute atomic E-state index is 0.197. The van der Waals surface area contributed by atoms with Crippen LogP contribution in [0, 0.1) is 11.3 Å². The van der Waals surface area contributed by atoms with E-state index in [1.165, 1.54) is 6.07 Å². The lowest BCUT2D eigenvalue weighted by molar-refractivity contribution is 0.0940. The van der Waals surface area contributed by atoms with Gasteiger partial charge in [0, 0.05) is 5.02 Å². The Balaban J connectivity index is 2.13. The zero-order chi connectivity index (χ0) is 15.4. The van der Waals surface area contributed by atoms with Crippen molar-refractivity contribution in [1.29, 1.82) is 5.26 Å². The van der Waals surface area contributed by atoms with Crippen LogP contribution in [-0.2, 0) is 0 Å². The van der Waals surface area contributed by atoms with Crippen LogP contribution in [0.4, 0.5) is 0 Å². The van der Waals surface area contributed by atoms with Gasteiger partial charge in [0.15, 0.2) is 0 Å². The van der Waals surface area contributed by atoms with Crippen LogP contribution in [0.15, 0.2) is 42.5 Å². The molecule has 21 heavy (non-hydrogen) atoms. The van der Waals surface area contributed by atoms with Crippen molar-refractivity contribution in [2.24, 2.45) is 0 Å². The minimum atomic E-state index is -0.270. The van der Waals surface area contributed by atoms with Gasteiger partial charge >= 0.3 is 0 Å². The average molecular weight is 319 g/mol. The van der Waals surface area contributed by atoms with Crippen LogP contribution in [0.1, 0.15) is 34.5 Å². The summed E-state index contributed by atoms with van der Waals surface area (Å²) in [6.07, 6.45) is 0. The summed E-state index contributed by atoms with van der Waals surface area (Å²) in [7, 11) is 0. The Morgan fingerprint density at radius 3 is 2.43 bits per heavy atom. The zero-order valence-corrected chi connectivity index (χ0v) is 12.7. The highest BCUT2D eigenvalue weighted by Crippen LogP contribution is 2.22. The summed E-state index contributed by atoms with van der Waals surface area (Å²) < 4.78 is 0. The number of carbonyl (C=O) groups is 1. The molecule has 0 aliphatic rings. The first-order valence-electron chi connectivity index (χ1n) is 6.27. The van der Waals surface area contributed by atoms with E-state index in [0.717, 1.165) is 5.56 Å². The number of nitrogens with one attached hydrogen (secondary N) is 1. The number of hydrogen-bond acceptors (Lipinski definition) is 2. The van der Waals surface area contributed by atoms with Gasteiger partial charge in [0.25, 0.3) is 5.91 Å². The molecule has 0 aliphatic heterocycles. The second kappa shape index (κ2) is 6.62. The Kier molecular flexibility index (Phi) is 4.85. The maximum absolute atomic E-state index is 12.2. The molecule has 1 atom stereocenters. The SMILES string of the molecule is CC(NC(=O)c1ccc(Cl)cc1Cl)c1ccc(C#N)cc1. The molecule has 5 heteroatoms. The minimum Gasteiger partial charge on any atom is -0.345 e. The van der Waals surface area contributed by atoms with Crippen LogP contribution in [0.25, 0.3) is 0 Å². The molecule has 1 unspecified atom stereocenters. The number of rotatable bonds is 3. The molecule has 0 heterocycles. The van der Waals surface area contributed by atoms with Crippen LogP contribution >= 0.6 is 23.2 Å². The topological polar surface area (TPSA) is 52.9 Å². The van der Waals surface area contributed by atoms with Gasteiger partial charge in [-0.15, -0.1) is 0 Å². The van der Waals surface area contributed by atoms with Crippen molar-refractivity contribution in [2.75, 3.05) is 0 Å². The molecule has 2 rings (SSSR count). The fraction of sp³-hybridized carbons (Fsp3) is 0.125. The molecule has 106 valence electrons. The van der Waals surface area contributed by atoms with Gasteiger partial charge in [-0.3, -0.25) is 4.79 Å². The first-order valence-corrected chi connectivity index (χ1v) is 7.03. The number of nitriles is 1. The van der Waals surface area contributed by atoms with Gasteiger partial charge < -0.3 is 5.32 Å². The van der Waals surface area contributed by atoms with E-state index in [-0.39, 0.29) is 11.9 Å². The summed E-state index contributed by atoms with van der Waals surface area (Å²) in [6, 6.07) is 13.7. The smallest absolute Gasteiger partial charge is 0.253 e. The number of halogens is 2. The maximum atomic E-state index is 12.2. The van der Waals surface area contributed by atoms with Crippen molar-refractivity contribution in [1.82, 2.24) is 5.32 Å². The fourth-order valence-corrected chi connectivity index (χ4v) is 2.37. The van der Waals surface area contributed by atoms with Crippen LogP contribution in [-0.4, -0.2) is 5.91 Å². The molecule has 2 aromatic carbocycles. The Labute approximate surface area is 133 Å². The molecule has 2 aromatic rings. The number of hydrogen-bond donors (Lipinski definition) is 1. The lowest BCUT2D eigenvalue weighted by Gasteiger charge is -2.15. The Morgan fingerprint density at radius 1 is 1.19 bits per heavy atom. The quantitative estimate of drug-likeness (QED) is 0.914. The van der Waals surface area contributed by atoms with Crippen molar-refractivity contribution < 1.29 is 4.79 Å². The van der Waals surface area contributed by atoms with E-state index in [0.29, 0.717) is 21.2 Å². The van der Waals surface area contributed by atoms with Crippen LogP contribution in [0.2, 0.25) is 10.0 Å². The first kappa shape index (κ1) is 15.4. The molecule has 0 radical (unpaired) electrons. The molecule has 0 bridgehead atoms. The molecule has 1 amide bonds. The maximum Gasteiger partial charge on any atom is 0.253 e. The van der Waals surface area contributed by atoms with E-state index in [1.54, 1.807) is 24.3 Å². The standard InChI is InChI=1S/C16H12Cl2N2O/c1-10(12-4-2-11(9-19)3-5-12)20-16(21)14-7-6-13(17)8-15(14)18/h2-8,10H,1H3,(H,20,21). The highest BCUT2D eigenvalue weighted by Gasteiger charge is 2.14. The average Bonchev–Trinajstić information content (AvgIpc) is 2.47. The first-order chi connectivity index (χ1) is 10.0. The van der Waals surface area contributed by atoms with Gasteiger partial charge in [0.2, 0.25) is 0 Å². The van der Waals surface area contributed by atoms with Crippen molar-refractivity contribution in [3.8, 4) is 6.07 Å². The molecule has 0 aromatic heterocycles. The van der Waals surface area contributed by atoms with E-state index < -0.39 is 0 Å². The van der Waals surface area contributed by atoms with Crippen LogP contribution in [0.5, 0.6) is 0 Å². The van der Waals surface area contributed by atoms with Gasteiger partial charge in [-0.25, -0.2) is 0 Å². The third kappa shape index (κ3) is 3.75. The number of amides is 1. The Bertz CT molecular complexity index is 705. The lowest BCUT2D eigenvalue weighted by atomic mass is 10.1. The molecule has 0 saturated carbocycles. The number of benzene rings is 2. The van der Waals surface area contributed by atoms with Gasteiger partial charge in [0.05, 0.1) is 28.3 Å². The molecule has 0 fully saturated rings. The zero-order valence-electron chi connectivity index (χ0n) is 11.2. The van der Waals surface area contributed by atoms with Crippen molar-refractivity contribution >= 4 is 29.1 Å². The van der Waals surface area contributed by atoms with E-state index >= 15 is 0 Å². The largest absolute Gasteiger partial charge is 0.345 e. The normalized spacial score (nSPS) is 11.5. The predicted molar refractivity (Wildman–Crippen MR) is 83.5 cm³/mol. The third-order valence-electron chi connectivity index (χ3n) is 3.06. The van der Waals surface area contributed by atoms with E-state index in [1.807, 2.05) is 19.1 Å². The summed E-state index contributed by atoms with van der Waals surface area (Å²) in [5.74, 6) is -0.270. The van der Waals surface area contributed by atoms with Crippen molar-refractivity contribution in [2.45, 2.75) is 13.0 Å². The van der Waals surface area contributed by atoms with Gasteiger partial charge in [0.1, 0.15) is 0 Å². The van der Waals surface area contributed by atoms with E-state index in [2.05, 4.69) is 11.4 Å². The van der Waals surface area contributed by atoms with Crippen molar-refractivity contribution in [3.05, 3.63) is 69.2 Å². The molecule has 1 N–H and O–H groups in total. The second-order valence-corrected chi connectivity index (χ2v) is 5.40. The Hall–Kier alpha value is -2.02. The van der Waals surface area contributed by atoms with Crippen LogP contribution in [0.3, 0.4) is 0 Å². The molecule has 0 aliphatic carbocycles. The number of nitrogens with zero attached hydrogens (tertiary/aromatic N) is 1.